The van der Waals surface area contributed by atoms with E-state index in [0.29, 0.717) is 30.3 Å². The highest BCUT2D eigenvalue weighted by molar-refractivity contribution is 7.45. The van der Waals surface area contributed by atoms with Crippen LogP contribution < -0.4 is 10.2 Å². The molecule has 1 amide bonds. The number of nitrogens with zero attached hydrogens (tertiary/aromatic N) is 1. The van der Waals surface area contributed by atoms with Gasteiger partial charge in [-0.25, -0.2) is 0 Å². The summed E-state index contributed by atoms with van der Waals surface area (Å²) in [5.41, 5.74) is 0. The van der Waals surface area contributed by atoms with Gasteiger partial charge in [0.2, 0.25) is 5.91 Å². The molecule has 10 heteroatoms. The number of phosphoric acid groups is 1. The Morgan fingerprint density at radius 1 is 0.507 bits per heavy atom. The molecule has 0 aliphatic carbocycles. The lowest BCUT2D eigenvalue weighted by Crippen LogP contribution is -2.47. The molecule has 0 heterocycles. The molecule has 0 aromatic heterocycles. The topological polar surface area (TPSA) is 114 Å². The van der Waals surface area contributed by atoms with Gasteiger partial charge in [-0.15, -0.1) is 0 Å². The summed E-state index contributed by atoms with van der Waals surface area (Å²) >= 11 is 0. The van der Waals surface area contributed by atoms with Gasteiger partial charge < -0.3 is 28.5 Å². The second kappa shape index (κ2) is 51.4. The lowest BCUT2D eigenvalue weighted by molar-refractivity contribution is -0.870. The van der Waals surface area contributed by atoms with Gasteiger partial charge in [0.05, 0.1) is 33.8 Å². The molecular formula is C63H103N2O7P. The molecule has 0 spiro atoms. The van der Waals surface area contributed by atoms with E-state index in [1.54, 1.807) is 6.08 Å². The zero-order chi connectivity index (χ0) is 53.6. The van der Waals surface area contributed by atoms with Gasteiger partial charge in [0, 0.05) is 12.8 Å². The maximum atomic E-state index is 13.5. The number of phosphoric ester groups is 1. The van der Waals surface area contributed by atoms with E-state index in [2.05, 4.69) is 99.0 Å². The molecule has 9 nitrogen and oxygen atoms in total. The highest BCUT2D eigenvalue weighted by atomic mass is 31.2. The van der Waals surface area contributed by atoms with Crippen molar-refractivity contribution in [3.63, 3.8) is 0 Å². The fourth-order valence-corrected chi connectivity index (χ4v) is 7.84. The second-order valence-electron chi connectivity index (χ2n) is 19.5. The average Bonchev–Trinajstić information content (AvgIpc) is 3.35. The summed E-state index contributed by atoms with van der Waals surface area (Å²) in [6, 6.07) is -0.945. The smallest absolute Gasteiger partial charge is 0.306 e. The van der Waals surface area contributed by atoms with Gasteiger partial charge >= 0.3 is 5.97 Å². The molecule has 0 aromatic rings. The SMILES string of the molecule is CC\C=C/C=C/C=C/C=C\C=C\C=C\CCCCCC(=O)NC(COP(=O)([O-])OCC[N+](C)(C)C)C(/C=C/CCCCCCCCCCCCC)OC(=O)CCC/C=C\C/C=C\C/C=C\C/C=C\C/C=C\CC. The van der Waals surface area contributed by atoms with Gasteiger partial charge in [0.15, 0.2) is 0 Å². The van der Waals surface area contributed by atoms with Crippen molar-refractivity contribution in [1.82, 2.24) is 5.32 Å². The summed E-state index contributed by atoms with van der Waals surface area (Å²) in [6.45, 7) is 6.47. The van der Waals surface area contributed by atoms with Crippen molar-refractivity contribution in [3.05, 3.63) is 146 Å². The monoisotopic (exact) mass is 1030 g/mol. The third kappa shape index (κ3) is 52.6. The minimum atomic E-state index is -4.73. The first kappa shape index (κ1) is 68.9. The summed E-state index contributed by atoms with van der Waals surface area (Å²) in [4.78, 5) is 39.8. The first-order valence-corrected chi connectivity index (χ1v) is 29.7. The number of unbranched alkanes of at least 4 members (excludes halogenated alkanes) is 15. The molecule has 0 saturated heterocycles. The number of ether oxygens (including phenoxy) is 1. The zero-order valence-corrected chi connectivity index (χ0v) is 47.7. The van der Waals surface area contributed by atoms with Gasteiger partial charge in [-0.1, -0.05) is 231 Å². The van der Waals surface area contributed by atoms with Crippen molar-refractivity contribution >= 4 is 19.7 Å². The number of likely N-dealkylation sites (N-methyl/N-ethyl adjacent to an activating group) is 1. The number of carbonyl (C=O) groups is 2. The maximum absolute atomic E-state index is 13.5. The molecule has 3 atom stereocenters. The number of quaternary nitrogens is 1. The number of rotatable bonds is 48. The van der Waals surface area contributed by atoms with Crippen LogP contribution >= 0.6 is 7.82 Å². The molecule has 0 radical (unpaired) electrons. The predicted octanol–water partition coefficient (Wildman–Crippen LogP) is 16.5. The fraction of sp³-hybridized carbons (Fsp3) is 0.587. The standard InChI is InChI=1S/C63H103N2O7P/c1-7-10-13-16-19-22-25-28-30-32-34-37-40-43-46-49-52-55-62(66)64-60(59-71-73(68,69)70-58-57-65(4,5)6)61(54-51-48-45-42-39-36-27-24-21-18-15-12-9-3)72-63(67)56-53-50-47-44-41-38-35-33-31-29-26-23-20-17-14-11-8-2/h10-11,13-14,16,19-20,22-23,25,28-32,34-35,37-38,40,44,47,51,54,60-61H,7-9,12,15,17-18,21,24,26-27,33,36,39,41-43,45-46,48-50,52-53,55-59H2,1-6H3,(H-,64,66,68,69)/b13-10-,14-11-,19-16+,23-20-,25-22+,30-28-,31-29-,34-32+,38-35-,40-37+,47-44-,54-51+. The second-order valence-corrected chi connectivity index (χ2v) is 20.9. The van der Waals surface area contributed by atoms with Gasteiger partial charge in [-0.3, -0.25) is 14.2 Å². The van der Waals surface area contributed by atoms with Crippen LogP contribution in [-0.2, 0) is 27.9 Å². The summed E-state index contributed by atoms with van der Waals surface area (Å²) in [6.07, 6.45) is 73.9. The van der Waals surface area contributed by atoms with E-state index < -0.39 is 32.5 Å². The normalized spacial score (nSPS) is 14.9. The lowest BCUT2D eigenvalue weighted by atomic mass is 10.0. The molecule has 3 unspecified atom stereocenters. The van der Waals surface area contributed by atoms with E-state index in [1.807, 2.05) is 88.0 Å². The highest BCUT2D eigenvalue weighted by Gasteiger charge is 2.27. The van der Waals surface area contributed by atoms with Crippen LogP contribution in [0.3, 0.4) is 0 Å². The van der Waals surface area contributed by atoms with Crippen LogP contribution in [0.5, 0.6) is 0 Å². The Labute approximate surface area is 447 Å². The number of nitrogens with one attached hydrogen (secondary N) is 1. The third-order valence-electron chi connectivity index (χ3n) is 11.4. The van der Waals surface area contributed by atoms with Crippen LogP contribution in [-0.4, -0.2) is 69.4 Å². The van der Waals surface area contributed by atoms with Crippen molar-refractivity contribution < 1.29 is 37.3 Å². The van der Waals surface area contributed by atoms with Gasteiger partial charge in [-0.2, -0.15) is 0 Å². The largest absolute Gasteiger partial charge is 0.756 e. The Morgan fingerprint density at radius 3 is 1.49 bits per heavy atom. The van der Waals surface area contributed by atoms with E-state index in [4.69, 9.17) is 13.8 Å². The van der Waals surface area contributed by atoms with Crippen molar-refractivity contribution in [2.24, 2.45) is 0 Å². The Morgan fingerprint density at radius 2 is 0.959 bits per heavy atom. The van der Waals surface area contributed by atoms with Crippen LogP contribution in [0.2, 0.25) is 0 Å². The van der Waals surface area contributed by atoms with Crippen LogP contribution in [0.1, 0.15) is 188 Å². The third-order valence-corrected chi connectivity index (χ3v) is 12.4. The summed E-state index contributed by atoms with van der Waals surface area (Å²) in [7, 11) is 1.09. The maximum Gasteiger partial charge on any atom is 0.306 e. The quantitative estimate of drug-likeness (QED) is 0.0161. The van der Waals surface area contributed by atoms with Crippen molar-refractivity contribution in [2.45, 2.75) is 200 Å². The number of hydrogen-bond acceptors (Lipinski definition) is 7. The van der Waals surface area contributed by atoms with E-state index >= 15 is 0 Å². The molecule has 412 valence electrons. The molecule has 0 aliphatic rings. The molecule has 73 heavy (non-hydrogen) atoms. The van der Waals surface area contributed by atoms with Crippen LogP contribution in [0.25, 0.3) is 0 Å². The molecule has 0 bridgehead atoms. The molecular weight excluding hydrogens is 928 g/mol. The molecule has 0 saturated carbocycles. The van der Waals surface area contributed by atoms with Crippen molar-refractivity contribution in [2.75, 3.05) is 40.9 Å². The van der Waals surface area contributed by atoms with Crippen molar-refractivity contribution in [1.29, 1.82) is 0 Å². The Kier molecular flexibility index (Phi) is 48.5. The lowest BCUT2D eigenvalue weighted by Gasteiger charge is -2.30. The first-order chi connectivity index (χ1) is 35.4. The highest BCUT2D eigenvalue weighted by Crippen LogP contribution is 2.38. The number of carbonyl (C=O) groups excluding carboxylic acids is 2. The summed E-state index contributed by atoms with van der Waals surface area (Å²) in [5.74, 6) is -0.676. The summed E-state index contributed by atoms with van der Waals surface area (Å²) < 4.78 is 30.1. The Balaban J connectivity index is 5.60. The number of hydrogen-bond donors (Lipinski definition) is 1. The van der Waals surface area contributed by atoms with Crippen LogP contribution in [0.4, 0.5) is 0 Å². The fourth-order valence-electron chi connectivity index (χ4n) is 7.12. The number of esters is 1. The van der Waals surface area contributed by atoms with E-state index in [0.717, 1.165) is 77.0 Å². The van der Waals surface area contributed by atoms with Crippen molar-refractivity contribution in [3.8, 4) is 0 Å². The van der Waals surface area contributed by atoms with Crippen LogP contribution in [0.15, 0.2) is 146 Å². The molecule has 0 aromatic carbocycles. The minimum Gasteiger partial charge on any atom is -0.756 e. The van der Waals surface area contributed by atoms with E-state index in [9.17, 15) is 19.0 Å². The van der Waals surface area contributed by atoms with E-state index in [-0.39, 0.29) is 25.4 Å². The Hall–Kier alpha value is -4.11. The van der Waals surface area contributed by atoms with Gasteiger partial charge in [0.25, 0.3) is 7.82 Å². The predicted molar refractivity (Wildman–Crippen MR) is 311 cm³/mol. The van der Waals surface area contributed by atoms with Gasteiger partial charge in [-0.05, 0) is 89.5 Å². The Bertz CT molecular complexity index is 1760. The molecule has 0 aliphatic heterocycles. The number of allylic oxidation sites excluding steroid dienone is 23. The minimum absolute atomic E-state index is 0.0494. The van der Waals surface area contributed by atoms with Gasteiger partial charge in [0.1, 0.15) is 19.3 Å². The molecule has 0 rings (SSSR count). The average molecular weight is 1030 g/mol. The van der Waals surface area contributed by atoms with E-state index in [1.165, 1.54) is 57.8 Å². The first-order valence-electron chi connectivity index (χ1n) is 28.2. The molecule has 1 N–H and O–H groups in total. The van der Waals surface area contributed by atoms with Crippen LogP contribution in [0, 0.1) is 0 Å². The molecule has 0 fully saturated rings. The summed E-state index contributed by atoms with van der Waals surface area (Å²) in [5, 5.41) is 2.97. The zero-order valence-electron chi connectivity index (χ0n) is 46.8. The number of amides is 1.